The maximum absolute atomic E-state index is 12.6. The first-order valence-corrected chi connectivity index (χ1v) is 9.96. The third-order valence-electron chi connectivity index (χ3n) is 4.89. The number of benzene rings is 1. The van der Waals surface area contributed by atoms with Gasteiger partial charge in [0.05, 0.1) is 13.0 Å². The molecule has 0 spiro atoms. The quantitative estimate of drug-likeness (QED) is 0.785. The van der Waals surface area contributed by atoms with Crippen LogP contribution >= 0.6 is 11.3 Å². The molecule has 8 heteroatoms. The summed E-state index contributed by atoms with van der Waals surface area (Å²) in [6.45, 7) is 4.59. The molecule has 1 aliphatic heterocycles. The van der Waals surface area contributed by atoms with Crippen LogP contribution in [-0.2, 0) is 9.59 Å². The van der Waals surface area contributed by atoms with Gasteiger partial charge >= 0.3 is 0 Å². The summed E-state index contributed by atoms with van der Waals surface area (Å²) in [5.41, 5.74) is 0.767. The number of amides is 2. The summed E-state index contributed by atoms with van der Waals surface area (Å²) in [7, 11) is 1.60. The number of anilines is 2. The van der Waals surface area contributed by atoms with Gasteiger partial charge in [-0.15, -0.1) is 10.2 Å². The lowest BCUT2D eigenvalue weighted by molar-refractivity contribution is -0.122. The highest BCUT2D eigenvalue weighted by Crippen LogP contribution is 2.30. The smallest absolute Gasteiger partial charge is 0.231 e. The summed E-state index contributed by atoms with van der Waals surface area (Å²) >= 11 is 1.41. The van der Waals surface area contributed by atoms with Gasteiger partial charge in [0, 0.05) is 24.6 Å². The number of ether oxygens (including phenoxy) is 1. The normalized spacial score (nSPS) is 16.8. The number of nitrogens with one attached hydrogen (secondary N) is 1. The lowest BCUT2D eigenvalue weighted by atomic mass is 10.1. The fourth-order valence-electron chi connectivity index (χ4n) is 3.19. The number of nitrogens with zero attached hydrogens (tertiary/aromatic N) is 3. The second kappa shape index (κ2) is 8.47. The van der Waals surface area contributed by atoms with Crippen LogP contribution in [0.3, 0.4) is 0 Å². The van der Waals surface area contributed by atoms with Gasteiger partial charge in [0.1, 0.15) is 10.8 Å². The van der Waals surface area contributed by atoms with E-state index in [0.717, 1.165) is 29.3 Å². The summed E-state index contributed by atoms with van der Waals surface area (Å²) in [5, 5.41) is 12.5. The first-order chi connectivity index (χ1) is 13.0. The third kappa shape index (κ3) is 4.27. The summed E-state index contributed by atoms with van der Waals surface area (Å²) in [5.74, 6) is 0.443. The molecule has 1 saturated heterocycles. The SMILES string of the molecule is CCC(CC)c1nnc(NC(=O)C2CC(=O)N(c3ccc(OC)cc3)C2)s1. The minimum atomic E-state index is -0.403. The molecule has 1 atom stereocenters. The van der Waals surface area contributed by atoms with Crippen molar-refractivity contribution in [3.05, 3.63) is 29.3 Å². The number of carbonyl (C=O) groups excluding carboxylic acids is 2. The zero-order valence-electron chi connectivity index (χ0n) is 15.8. The van der Waals surface area contributed by atoms with Crippen molar-refractivity contribution in [2.75, 3.05) is 23.9 Å². The van der Waals surface area contributed by atoms with E-state index in [1.54, 1.807) is 24.1 Å². The Morgan fingerprint density at radius 2 is 2.00 bits per heavy atom. The van der Waals surface area contributed by atoms with Gasteiger partial charge in [0.2, 0.25) is 16.9 Å². The monoisotopic (exact) mass is 388 g/mol. The van der Waals surface area contributed by atoms with Gasteiger partial charge in [-0.05, 0) is 37.1 Å². The minimum absolute atomic E-state index is 0.0599. The van der Waals surface area contributed by atoms with Crippen molar-refractivity contribution in [2.45, 2.75) is 39.0 Å². The van der Waals surface area contributed by atoms with Gasteiger partial charge in [0.15, 0.2) is 0 Å². The maximum atomic E-state index is 12.6. The molecule has 1 aromatic heterocycles. The second-order valence-corrected chi connectivity index (χ2v) is 7.56. The first-order valence-electron chi connectivity index (χ1n) is 9.14. The van der Waals surface area contributed by atoms with Crippen molar-refractivity contribution in [3.8, 4) is 5.75 Å². The Morgan fingerprint density at radius 3 is 2.63 bits per heavy atom. The van der Waals surface area contributed by atoms with Gasteiger partial charge in [-0.1, -0.05) is 25.2 Å². The van der Waals surface area contributed by atoms with Crippen molar-refractivity contribution in [1.82, 2.24) is 10.2 Å². The predicted octanol–water partition coefficient (Wildman–Crippen LogP) is 3.44. The van der Waals surface area contributed by atoms with Crippen molar-refractivity contribution >= 4 is 34.0 Å². The molecule has 2 amide bonds. The van der Waals surface area contributed by atoms with Crippen molar-refractivity contribution < 1.29 is 14.3 Å². The molecule has 1 unspecified atom stereocenters. The lowest BCUT2D eigenvalue weighted by Crippen LogP contribution is -2.28. The standard InChI is InChI=1S/C19H24N4O3S/c1-4-12(5-2)18-21-22-19(27-18)20-17(25)13-10-16(24)23(11-13)14-6-8-15(26-3)9-7-14/h6-9,12-13H,4-5,10-11H2,1-3H3,(H,20,22,25). The summed E-state index contributed by atoms with van der Waals surface area (Å²) in [4.78, 5) is 26.6. The zero-order chi connectivity index (χ0) is 19.4. The van der Waals surface area contributed by atoms with E-state index in [1.165, 1.54) is 11.3 Å². The Kier molecular flexibility index (Phi) is 6.05. The van der Waals surface area contributed by atoms with Crippen molar-refractivity contribution in [1.29, 1.82) is 0 Å². The molecule has 0 bridgehead atoms. The fourth-order valence-corrected chi connectivity index (χ4v) is 4.20. The Bertz CT molecular complexity index is 802. The van der Waals surface area contributed by atoms with Gasteiger partial charge in [0.25, 0.3) is 0 Å². The van der Waals surface area contributed by atoms with Crippen molar-refractivity contribution in [2.24, 2.45) is 5.92 Å². The zero-order valence-corrected chi connectivity index (χ0v) is 16.6. The topological polar surface area (TPSA) is 84.4 Å². The van der Waals surface area contributed by atoms with Crippen molar-refractivity contribution in [3.63, 3.8) is 0 Å². The molecule has 2 aromatic rings. The highest BCUT2D eigenvalue weighted by Gasteiger charge is 2.35. The summed E-state index contributed by atoms with van der Waals surface area (Å²) in [6, 6.07) is 7.25. The average molecular weight is 388 g/mol. The molecule has 27 heavy (non-hydrogen) atoms. The average Bonchev–Trinajstić information content (AvgIpc) is 3.30. The number of hydrogen-bond acceptors (Lipinski definition) is 6. The largest absolute Gasteiger partial charge is 0.497 e. The van der Waals surface area contributed by atoms with Crippen LogP contribution in [-0.4, -0.2) is 35.7 Å². The predicted molar refractivity (Wildman–Crippen MR) is 105 cm³/mol. The fraction of sp³-hybridized carbons (Fsp3) is 0.474. The highest BCUT2D eigenvalue weighted by atomic mass is 32.1. The van der Waals surface area contributed by atoms with E-state index >= 15 is 0 Å². The molecule has 1 aliphatic rings. The molecule has 1 N–H and O–H groups in total. The lowest BCUT2D eigenvalue weighted by Gasteiger charge is -2.16. The van der Waals surface area contributed by atoms with Crippen LogP contribution in [0.1, 0.15) is 44.0 Å². The third-order valence-corrected chi connectivity index (χ3v) is 5.89. The molecule has 144 valence electrons. The Labute approximate surface area is 162 Å². The maximum Gasteiger partial charge on any atom is 0.231 e. The summed E-state index contributed by atoms with van der Waals surface area (Å²) < 4.78 is 5.14. The Morgan fingerprint density at radius 1 is 1.30 bits per heavy atom. The van der Waals surface area contributed by atoms with Gasteiger partial charge in [-0.3, -0.25) is 9.59 Å². The van der Waals surface area contributed by atoms with Crippen LogP contribution in [0.25, 0.3) is 0 Å². The molecule has 0 saturated carbocycles. The van der Waals surface area contributed by atoms with Crippen LogP contribution < -0.4 is 15.0 Å². The van der Waals surface area contributed by atoms with Gasteiger partial charge in [-0.2, -0.15) is 0 Å². The second-order valence-electron chi connectivity index (χ2n) is 6.55. The highest BCUT2D eigenvalue weighted by molar-refractivity contribution is 7.15. The summed E-state index contributed by atoms with van der Waals surface area (Å²) in [6.07, 6.45) is 2.18. The minimum Gasteiger partial charge on any atom is -0.497 e. The molecule has 2 heterocycles. The Balaban J connectivity index is 1.63. The van der Waals surface area contributed by atoms with E-state index in [4.69, 9.17) is 4.74 Å². The number of rotatable bonds is 7. The van der Waals surface area contributed by atoms with E-state index in [1.807, 2.05) is 12.1 Å². The number of carbonyl (C=O) groups is 2. The molecule has 1 aromatic carbocycles. The van der Waals surface area contributed by atoms with E-state index < -0.39 is 5.92 Å². The van der Waals surface area contributed by atoms with E-state index in [-0.39, 0.29) is 18.2 Å². The number of methoxy groups -OCH3 is 1. The molecular formula is C19H24N4O3S. The number of hydrogen-bond donors (Lipinski definition) is 1. The van der Waals surface area contributed by atoms with E-state index in [0.29, 0.717) is 17.6 Å². The van der Waals surface area contributed by atoms with Crippen LogP contribution in [0.5, 0.6) is 5.75 Å². The number of aromatic nitrogens is 2. The molecule has 3 rings (SSSR count). The Hall–Kier alpha value is -2.48. The molecular weight excluding hydrogens is 364 g/mol. The van der Waals surface area contributed by atoms with Crippen LogP contribution in [0.2, 0.25) is 0 Å². The van der Waals surface area contributed by atoms with Gasteiger partial charge < -0.3 is 15.0 Å². The first kappa shape index (κ1) is 19.3. The van der Waals surface area contributed by atoms with Crippen LogP contribution in [0.4, 0.5) is 10.8 Å². The molecule has 7 nitrogen and oxygen atoms in total. The van der Waals surface area contributed by atoms with Crippen LogP contribution in [0, 0.1) is 5.92 Å². The van der Waals surface area contributed by atoms with E-state index in [9.17, 15) is 9.59 Å². The van der Waals surface area contributed by atoms with E-state index in [2.05, 4.69) is 29.4 Å². The van der Waals surface area contributed by atoms with Gasteiger partial charge in [-0.25, -0.2) is 0 Å². The molecule has 0 aliphatic carbocycles. The molecule has 0 radical (unpaired) electrons. The van der Waals surface area contributed by atoms with Crippen LogP contribution in [0.15, 0.2) is 24.3 Å². The molecule has 1 fully saturated rings.